The van der Waals surface area contributed by atoms with Crippen LogP contribution < -0.4 is 0 Å². The highest BCUT2D eigenvalue weighted by atomic mass is 16.8. The Kier molecular flexibility index (Phi) is 2.42. The molecule has 0 saturated heterocycles. The molecule has 44 valence electrons. The molecule has 0 heterocycles. The first-order valence-corrected chi connectivity index (χ1v) is 1.52. The normalized spacial score (nSPS) is 7.25. The van der Waals surface area contributed by atoms with Gasteiger partial charge in [0.1, 0.15) is 0 Å². The van der Waals surface area contributed by atoms with Crippen LogP contribution in [0.2, 0.25) is 0 Å². The first kappa shape index (κ1) is 6.77. The number of rotatable bonds is 0. The van der Waals surface area contributed by atoms with E-state index < -0.39 is 11.2 Å². The van der Waals surface area contributed by atoms with Crippen LogP contribution in [-0.2, 0) is 4.79 Å². The first-order chi connectivity index (χ1) is 3.68. The molecule has 8 heavy (non-hydrogen) atoms. The summed E-state index contributed by atoms with van der Waals surface area (Å²) >= 11 is 0. The molecule has 0 aliphatic heterocycles. The summed E-state index contributed by atoms with van der Waals surface area (Å²) in [5, 5.41) is 21.4. The lowest BCUT2D eigenvalue weighted by molar-refractivity contribution is -0.246. The van der Waals surface area contributed by atoms with Crippen LogP contribution in [0.3, 0.4) is 0 Å². The van der Waals surface area contributed by atoms with Crippen LogP contribution in [0.4, 0.5) is 0 Å². The van der Waals surface area contributed by atoms with Gasteiger partial charge in [0.25, 0.3) is 5.96 Å². The van der Waals surface area contributed by atoms with Crippen LogP contribution in [-0.4, -0.2) is 27.7 Å². The van der Waals surface area contributed by atoms with E-state index in [0.29, 0.717) is 0 Å². The molecule has 0 aliphatic rings. The van der Waals surface area contributed by atoms with Gasteiger partial charge in [-0.05, 0) is 0 Å². The number of nitrogens with zero attached hydrogens (tertiary/aromatic N) is 2. The molecule has 0 atom stereocenters. The Morgan fingerprint density at radius 3 is 2.38 bits per heavy atom. The summed E-state index contributed by atoms with van der Waals surface area (Å²) in [7, 11) is 0. The lowest BCUT2D eigenvalue weighted by Gasteiger charge is -1.99. The number of hydrogen-bond donors (Lipinski definition) is 3. The second-order valence-electron chi connectivity index (χ2n) is 0.816. The molecule has 0 fully saturated rings. The third-order valence-electron chi connectivity index (χ3n) is 0.341. The van der Waals surface area contributed by atoms with Crippen LogP contribution in [0.5, 0.6) is 0 Å². The molecule has 0 spiro atoms. The van der Waals surface area contributed by atoms with Crippen LogP contribution in [0.1, 0.15) is 0 Å². The molecule has 0 aliphatic carbocycles. The van der Waals surface area contributed by atoms with Gasteiger partial charge in [-0.1, -0.05) is 5.23 Å². The predicted octanol–water partition coefficient (Wildman–Crippen LogP) is -0.663. The molecule has 0 radical (unpaired) electrons. The fourth-order valence-electron chi connectivity index (χ4n) is 0.0880. The molecule has 0 unspecified atom stereocenters. The molecule has 6 nitrogen and oxygen atoms in total. The Bertz CT molecular complexity index is 135. The minimum absolute atomic E-state index is 0.592. The first-order valence-electron chi connectivity index (χ1n) is 1.52. The Morgan fingerprint density at radius 2 is 2.25 bits per heavy atom. The van der Waals surface area contributed by atoms with E-state index in [1.807, 2.05) is 0 Å². The van der Waals surface area contributed by atoms with Crippen LogP contribution in [0, 0.1) is 5.41 Å². The zero-order valence-corrected chi connectivity index (χ0v) is 3.70. The topological polar surface area (TPSA) is 97.0 Å². The van der Waals surface area contributed by atoms with E-state index in [1.165, 1.54) is 0 Å². The van der Waals surface area contributed by atoms with E-state index in [2.05, 4.69) is 4.99 Å². The van der Waals surface area contributed by atoms with E-state index in [0.717, 1.165) is 6.08 Å². The highest BCUT2D eigenvalue weighted by molar-refractivity contribution is 5.79. The maximum atomic E-state index is 9.24. The molecule has 3 N–H and O–H groups in total. The lowest BCUT2D eigenvalue weighted by atomic mass is 11.0. The summed E-state index contributed by atoms with van der Waals surface area (Å²) in [6.07, 6.45) is 0.938. The van der Waals surface area contributed by atoms with Crippen molar-refractivity contribution >= 4 is 12.0 Å². The van der Waals surface area contributed by atoms with E-state index in [4.69, 9.17) is 15.8 Å². The molecule has 0 saturated carbocycles. The summed E-state index contributed by atoms with van der Waals surface area (Å²) in [6, 6.07) is 0. The van der Waals surface area contributed by atoms with Gasteiger partial charge in [-0.2, -0.15) is 0 Å². The van der Waals surface area contributed by atoms with Crippen molar-refractivity contribution in [1.82, 2.24) is 5.23 Å². The van der Waals surface area contributed by atoms with Gasteiger partial charge in [0.15, 0.2) is 0 Å². The van der Waals surface area contributed by atoms with Crippen molar-refractivity contribution in [2.75, 3.05) is 0 Å². The highest BCUT2D eigenvalue weighted by Gasteiger charge is 1.96. The maximum absolute atomic E-state index is 9.24. The van der Waals surface area contributed by atoms with Crippen molar-refractivity contribution < 1.29 is 15.2 Å². The fraction of sp³-hybridized carbons (Fsp3) is 0. The predicted molar refractivity (Wildman–Crippen MR) is 21.3 cm³/mol. The third kappa shape index (κ3) is 2.04. The Labute approximate surface area is 44.1 Å². The summed E-state index contributed by atoms with van der Waals surface area (Å²) in [5.41, 5.74) is 0. The van der Waals surface area contributed by atoms with E-state index in [-0.39, 0.29) is 0 Å². The summed E-state index contributed by atoms with van der Waals surface area (Å²) in [6.45, 7) is 0. The van der Waals surface area contributed by atoms with Crippen LogP contribution in [0.25, 0.3) is 0 Å². The molecular formula is C2H3N3O3. The minimum atomic E-state index is -0.972. The van der Waals surface area contributed by atoms with Gasteiger partial charge in [0, 0.05) is 0 Å². The van der Waals surface area contributed by atoms with Crippen LogP contribution >= 0.6 is 0 Å². The Morgan fingerprint density at radius 1 is 1.75 bits per heavy atom. The monoisotopic (exact) mass is 117 g/mol. The number of hydroxylamine groups is 2. The summed E-state index contributed by atoms with van der Waals surface area (Å²) in [5.74, 6) is -0.972. The van der Waals surface area contributed by atoms with Crippen molar-refractivity contribution in [3.63, 3.8) is 0 Å². The highest BCUT2D eigenvalue weighted by Crippen LogP contribution is 1.74. The van der Waals surface area contributed by atoms with Gasteiger partial charge in [-0.3, -0.25) is 15.8 Å². The van der Waals surface area contributed by atoms with Crippen molar-refractivity contribution in [1.29, 1.82) is 5.41 Å². The average molecular weight is 117 g/mol. The molecule has 6 heteroatoms. The molecule has 0 rings (SSSR count). The maximum Gasteiger partial charge on any atom is 0.280 e. The van der Waals surface area contributed by atoms with Gasteiger partial charge < -0.3 is 0 Å². The molecule has 0 aromatic heterocycles. The van der Waals surface area contributed by atoms with Gasteiger partial charge >= 0.3 is 0 Å². The Balaban J connectivity index is 3.84. The molecule has 0 aromatic carbocycles. The van der Waals surface area contributed by atoms with Crippen molar-refractivity contribution in [3.05, 3.63) is 0 Å². The van der Waals surface area contributed by atoms with Gasteiger partial charge in [0.05, 0.1) is 0 Å². The minimum Gasteiger partial charge on any atom is -0.263 e. The number of hydrogen-bond acceptors (Lipinski definition) is 4. The van der Waals surface area contributed by atoms with Crippen LogP contribution in [0.15, 0.2) is 4.99 Å². The van der Waals surface area contributed by atoms with Crippen molar-refractivity contribution in [3.8, 4) is 0 Å². The second kappa shape index (κ2) is 2.86. The fourth-order valence-corrected chi connectivity index (χ4v) is 0.0880. The van der Waals surface area contributed by atoms with Gasteiger partial charge in [-0.25, -0.2) is 4.79 Å². The number of carbonyl (C=O) groups excluding carboxylic acids is 1. The second-order valence-corrected chi connectivity index (χ2v) is 0.816. The zero-order chi connectivity index (χ0) is 6.57. The number of guanidine groups is 1. The summed E-state index contributed by atoms with van der Waals surface area (Å²) in [4.78, 5) is 11.8. The number of isocyanates is 1. The van der Waals surface area contributed by atoms with Crippen molar-refractivity contribution in [2.24, 2.45) is 4.99 Å². The molecule has 0 aromatic rings. The van der Waals surface area contributed by atoms with E-state index >= 15 is 0 Å². The van der Waals surface area contributed by atoms with E-state index in [9.17, 15) is 4.79 Å². The molecule has 0 amide bonds. The number of aliphatic imine (C=N–C) groups is 1. The summed E-state index contributed by atoms with van der Waals surface area (Å²) < 4.78 is 0. The average Bonchev–Trinajstić information content (AvgIpc) is 1.67. The zero-order valence-electron chi connectivity index (χ0n) is 3.70. The molecule has 0 bridgehead atoms. The van der Waals surface area contributed by atoms with Gasteiger partial charge in [0.2, 0.25) is 6.08 Å². The quantitative estimate of drug-likeness (QED) is 0.170. The van der Waals surface area contributed by atoms with Crippen molar-refractivity contribution in [2.45, 2.75) is 0 Å². The molecular weight excluding hydrogens is 114 g/mol. The number of nitrogens with one attached hydrogen (secondary N) is 1. The standard InChI is InChI=1S/C2H3N3O3/c3-2(4-1-6)5(7)8/h3,7-8H. The van der Waals surface area contributed by atoms with E-state index in [1.54, 1.807) is 0 Å². The smallest absolute Gasteiger partial charge is 0.263 e. The lowest BCUT2D eigenvalue weighted by Crippen LogP contribution is -2.19. The van der Waals surface area contributed by atoms with Gasteiger partial charge in [-0.15, -0.1) is 4.99 Å². The largest absolute Gasteiger partial charge is 0.280 e. The SMILES string of the molecule is N=C(N=C=O)N(O)O. The third-order valence-corrected chi connectivity index (χ3v) is 0.341. The Hall–Kier alpha value is -1.23.